The number of benzene rings is 1. The highest BCUT2D eigenvalue weighted by molar-refractivity contribution is 6.04. The van der Waals surface area contributed by atoms with Crippen molar-refractivity contribution in [3.8, 4) is 0 Å². The largest absolute Gasteiger partial charge is 0.307 e. The number of hydrogen-bond donors (Lipinski definition) is 2. The van der Waals surface area contributed by atoms with Gasteiger partial charge in [-0.2, -0.15) is 0 Å². The molecule has 1 aromatic carbocycles. The van der Waals surface area contributed by atoms with Gasteiger partial charge in [0.2, 0.25) is 5.91 Å². The van der Waals surface area contributed by atoms with Crippen LogP contribution in [0.4, 0.5) is 5.82 Å². The Morgan fingerprint density at radius 2 is 1.91 bits per heavy atom. The number of carbonyl (C=O) groups excluding carboxylic acids is 2. The molecule has 1 aromatic heterocycles. The summed E-state index contributed by atoms with van der Waals surface area (Å²) < 4.78 is 1.42. The Labute approximate surface area is 140 Å². The quantitative estimate of drug-likeness (QED) is 0.904. The number of hydrogen-bond acceptors (Lipinski definition) is 4. The Hall–Kier alpha value is -2.18. The molecule has 2 heterocycles. The third-order valence-corrected chi connectivity index (χ3v) is 3.65. The lowest BCUT2D eigenvalue weighted by Crippen LogP contribution is -2.22. The van der Waals surface area contributed by atoms with Crippen molar-refractivity contribution in [2.45, 2.75) is 26.9 Å². The highest BCUT2D eigenvalue weighted by Crippen LogP contribution is 2.25. The third kappa shape index (κ3) is 3.28. The van der Waals surface area contributed by atoms with Crippen LogP contribution in [0.15, 0.2) is 30.3 Å². The molecule has 0 saturated carbocycles. The van der Waals surface area contributed by atoms with E-state index in [-0.39, 0.29) is 30.1 Å². The first-order valence-electron chi connectivity index (χ1n) is 7.30. The SMILES string of the molecule is CC(C)C(=O)n1nc(NC(=O)c2ccccc2)c2c1CNC2.Cl. The van der Waals surface area contributed by atoms with Gasteiger partial charge < -0.3 is 10.6 Å². The number of anilines is 1. The summed E-state index contributed by atoms with van der Waals surface area (Å²) in [7, 11) is 0. The van der Waals surface area contributed by atoms with Crippen LogP contribution in [0.3, 0.4) is 0 Å². The molecule has 0 aliphatic carbocycles. The van der Waals surface area contributed by atoms with Crippen molar-refractivity contribution in [1.29, 1.82) is 0 Å². The van der Waals surface area contributed by atoms with Crippen LogP contribution in [-0.4, -0.2) is 21.6 Å². The summed E-state index contributed by atoms with van der Waals surface area (Å²) in [5, 5.41) is 10.3. The average molecular weight is 335 g/mol. The zero-order chi connectivity index (χ0) is 15.7. The van der Waals surface area contributed by atoms with E-state index in [0.29, 0.717) is 24.5 Å². The molecule has 7 heteroatoms. The number of aromatic nitrogens is 2. The van der Waals surface area contributed by atoms with E-state index in [1.165, 1.54) is 4.68 Å². The van der Waals surface area contributed by atoms with Gasteiger partial charge in [-0.15, -0.1) is 17.5 Å². The number of halogens is 1. The van der Waals surface area contributed by atoms with E-state index in [9.17, 15) is 9.59 Å². The minimum atomic E-state index is -0.225. The van der Waals surface area contributed by atoms with Crippen LogP contribution in [0, 0.1) is 5.92 Å². The van der Waals surface area contributed by atoms with E-state index in [4.69, 9.17) is 0 Å². The standard InChI is InChI=1S/C16H18N4O2.ClH/c1-10(2)16(22)20-13-9-17-8-12(13)14(19-20)18-15(21)11-6-4-3-5-7-11;/h3-7,10,17H,8-9H2,1-2H3,(H,18,19,21);1H. The molecule has 0 spiro atoms. The fraction of sp³-hybridized carbons (Fsp3) is 0.312. The van der Waals surface area contributed by atoms with E-state index < -0.39 is 0 Å². The Balaban J connectivity index is 0.00000192. The smallest absolute Gasteiger partial charge is 0.256 e. The Bertz CT molecular complexity index is 725. The molecule has 0 saturated heterocycles. The molecule has 0 unspecified atom stereocenters. The third-order valence-electron chi connectivity index (χ3n) is 3.65. The molecule has 6 nitrogen and oxygen atoms in total. The molecule has 0 bridgehead atoms. The number of nitrogens with zero attached hydrogens (tertiary/aromatic N) is 2. The van der Waals surface area contributed by atoms with E-state index in [1.807, 2.05) is 32.0 Å². The van der Waals surface area contributed by atoms with Crippen LogP contribution in [0.1, 0.15) is 40.3 Å². The van der Waals surface area contributed by atoms with Crippen LogP contribution in [-0.2, 0) is 13.1 Å². The number of rotatable bonds is 3. The molecule has 0 atom stereocenters. The van der Waals surface area contributed by atoms with Crippen LogP contribution < -0.4 is 10.6 Å². The minimum absolute atomic E-state index is 0. The second-order valence-electron chi connectivity index (χ2n) is 5.60. The molecule has 3 rings (SSSR count). The maximum Gasteiger partial charge on any atom is 0.256 e. The zero-order valence-corrected chi connectivity index (χ0v) is 13.8. The molecule has 23 heavy (non-hydrogen) atoms. The van der Waals surface area contributed by atoms with Gasteiger partial charge in [-0.1, -0.05) is 32.0 Å². The Morgan fingerprint density at radius 3 is 2.57 bits per heavy atom. The van der Waals surface area contributed by atoms with Gasteiger partial charge >= 0.3 is 0 Å². The van der Waals surface area contributed by atoms with Crippen molar-refractivity contribution in [2.75, 3.05) is 5.32 Å². The number of fused-ring (bicyclic) bond motifs is 1. The van der Waals surface area contributed by atoms with E-state index in [2.05, 4.69) is 15.7 Å². The minimum Gasteiger partial charge on any atom is -0.307 e. The van der Waals surface area contributed by atoms with Gasteiger partial charge in [0.15, 0.2) is 5.82 Å². The summed E-state index contributed by atoms with van der Waals surface area (Å²) >= 11 is 0. The molecule has 2 N–H and O–H groups in total. The van der Waals surface area contributed by atoms with Gasteiger partial charge in [0.05, 0.1) is 5.69 Å². The van der Waals surface area contributed by atoms with Crippen molar-refractivity contribution in [2.24, 2.45) is 5.92 Å². The molecular weight excluding hydrogens is 316 g/mol. The summed E-state index contributed by atoms with van der Waals surface area (Å²) in [6.07, 6.45) is 0. The maximum atomic E-state index is 12.3. The lowest BCUT2D eigenvalue weighted by Gasteiger charge is -2.06. The predicted octanol–water partition coefficient (Wildman–Crippen LogP) is 2.46. The van der Waals surface area contributed by atoms with Gasteiger partial charge in [-0.05, 0) is 12.1 Å². The van der Waals surface area contributed by atoms with Gasteiger partial charge in [-0.3, -0.25) is 9.59 Å². The van der Waals surface area contributed by atoms with Gasteiger partial charge in [0, 0.05) is 30.1 Å². The number of amides is 1. The normalized spacial score (nSPS) is 12.7. The second kappa shape index (κ2) is 6.93. The molecule has 0 fully saturated rings. The fourth-order valence-corrected chi connectivity index (χ4v) is 2.45. The summed E-state index contributed by atoms with van der Waals surface area (Å²) in [6, 6.07) is 8.95. The van der Waals surface area contributed by atoms with Crippen molar-refractivity contribution < 1.29 is 9.59 Å². The monoisotopic (exact) mass is 334 g/mol. The fourth-order valence-electron chi connectivity index (χ4n) is 2.45. The highest BCUT2D eigenvalue weighted by Gasteiger charge is 2.27. The van der Waals surface area contributed by atoms with Crippen molar-refractivity contribution >= 4 is 30.0 Å². The average Bonchev–Trinajstić information content (AvgIpc) is 3.11. The van der Waals surface area contributed by atoms with Gasteiger partial charge in [0.1, 0.15) is 0 Å². The molecule has 2 aromatic rings. The predicted molar refractivity (Wildman–Crippen MR) is 89.9 cm³/mol. The van der Waals surface area contributed by atoms with E-state index in [1.54, 1.807) is 12.1 Å². The topological polar surface area (TPSA) is 76.0 Å². The molecule has 122 valence electrons. The van der Waals surface area contributed by atoms with E-state index >= 15 is 0 Å². The Kier molecular flexibility index (Phi) is 5.18. The molecule has 1 aliphatic heterocycles. The maximum absolute atomic E-state index is 12.3. The van der Waals surface area contributed by atoms with Gasteiger partial charge in [-0.25, -0.2) is 4.68 Å². The summed E-state index contributed by atoms with van der Waals surface area (Å²) in [5.41, 5.74) is 2.28. The lowest BCUT2D eigenvalue weighted by molar-refractivity contribution is 0.0834. The van der Waals surface area contributed by atoms with Crippen LogP contribution in [0.2, 0.25) is 0 Å². The molecule has 1 amide bonds. The summed E-state index contributed by atoms with van der Waals surface area (Å²) in [6.45, 7) is 4.86. The summed E-state index contributed by atoms with van der Waals surface area (Å²) in [5.74, 6) is 0.0160. The van der Waals surface area contributed by atoms with Crippen molar-refractivity contribution in [3.63, 3.8) is 0 Å². The molecule has 1 aliphatic rings. The molecular formula is C16H19ClN4O2. The zero-order valence-electron chi connectivity index (χ0n) is 13.0. The van der Waals surface area contributed by atoms with Gasteiger partial charge in [0.25, 0.3) is 5.91 Å². The van der Waals surface area contributed by atoms with E-state index in [0.717, 1.165) is 11.3 Å². The van der Waals surface area contributed by atoms with Crippen LogP contribution in [0.5, 0.6) is 0 Å². The molecule has 0 radical (unpaired) electrons. The first-order valence-corrected chi connectivity index (χ1v) is 7.30. The summed E-state index contributed by atoms with van der Waals surface area (Å²) in [4.78, 5) is 24.5. The second-order valence-corrected chi connectivity index (χ2v) is 5.60. The van der Waals surface area contributed by atoms with Crippen molar-refractivity contribution in [1.82, 2.24) is 15.1 Å². The Morgan fingerprint density at radius 1 is 1.22 bits per heavy atom. The van der Waals surface area contributed by atoms with Crippen LogP contribution >= 0.6 is 12.4 Å². The van der Waals surface area contributed by atoms with Crippen molar-refractivity contribution in [3.05, 3.63) is 47.2 Å². The van der Waals surface area contributed by atoms with Crippen LogP contribution in [0.25, 0.3) is 0 Å². The number of nitrogens with one attached hydrogen (secondary N) is 2. The highest BCUT2D eigenvalue weighted by atomic mass is 35.5. The lowest BCUT2D eigenvalue weighted by atomic mass is 10.2. The first kappa shape index (κ1) is 17.2. The number of carbonyl (C=O) groups is 2. The first-order chi connectivity index (χ1) is 10.6.